The van der Waals surface area contributed by atoms with Gasteiger partial charge >= 0.3 is 0 Å². The Morgan fingerprint density at radius 2 is 0.929 bits per heavy atom. The number of nitrogens with zero attached hydrogens (tertiary/aromatic N) is 2. The van der Waals surface area contributed by atoms with Crippen molar-refractivity contribution in [2.75, 3.05) is 26.2 Å². The highest BCUT2D eigenvalue weighted by Gasteiger charge is 1.88. The van der Waals surface area contributed by atoms with Crippen LogP contribution < -0.4 is 0 Å². The summed E-state index contributed by atoms with van der Waals surface area (Å²) in [6.45, 7) is 12.2. The van der Waals surface area contributed by atoms with E-state index in [9.17, 15) is 0 Å². The molecule has 0 amide bonds. The molecule has 0 aromatic carbocycles. The van der Waals surface area contributed by atoms with Crippen LogP contribution >= 0.6 is 0 Å². The Labute approximate surface area is 88.3 Å². The molecule has 0 N–H and O–H groups in total. The minimum absolute atomic E-state index is 0.955. The lowest BCUT2D eigenvalue weighted by Crippen LogP contribution is -2.16. The third kappa shape index (κ3) is 5.38. The van der Waals surface area contributed by atoms with Gasteiger partial charge in [-0.3, -0.25) is 0 Å². The van der Waals surface area contributed by atoms with Crippen LogP contribution in [0.25, 0.3) is 0 Å². The highest BCUT2D eigenvalue weighted by atomic mass is 15.1. The van der Waals surface area contributed by atoms with Gasteiger partial charge in [-0.1, -0.05) is 0 Å². The predicted octanol–water partition coefficient (Wildman–Crippen LogP) is 1.59. The summed E-state index contributed by atoms with van der Waals surface area (Å²) in [5.41, 5.74) is 0. The highest BCUT2D eigenvalue weighted by Crippen LogP contribution is 1.82. The average Bonchev–Trinajstić information content (AvgIpc) is 2.24. The zero-order chi connectivity index (χ0) is 10.8. The van der Waals surface area contributed by atoms with Crippen LogP contribution in [0.1, 0.15) is 27.7 Å². The quantitative estimate of drug-likeness (QED) is 0.493. The molecule has 0 rings (SSSR count). The summed E-state index contributed by atoms with van der Waals surface area (Å²) in [5.74, 6) is 5.72. The molecule has 0 atom stereocenters. The SMILES string of the molecule is CCN(C#CC#CN(CC)CC)CC. The smallest absolute Gasteiger partial charge is 0.0232 e. The lowest BCUT2D eigenvalue weighted by Gasteiger charge is -2.10. The van der Waals surface area contributed by atoms with Gasteiger partial charge in [-0.05, 0) is 27.7 Å². The van der Waals surface area contributed by atoms with Crippen molar-refractivity contribution in [3.8, 4) is 23.9 Å². The van der Waals surface area contributed by atoms with Crippen molar-refractivity contribution in [1.29, 1.82) is 0 Å². The van der Waals surface area contributed by atoms with E-state index in [0.717, 1.165) is 26.2 Å². The molecule has 0 spiro atoms. The Balaban J connectivity index is 4.11. The Hall–Kier alpha value is -1.28. The van der Waals surface area contributed by atoms with E-state index < -0.39 is 0 Å². The largest absolute Gasteiger partial charge is 0.332 e. The maximum absolute atomic E-state index is 3.01. The molecule has 14 heavy (non-hydrogen) atoms. The Morgan fingerprint density at radius 1 is 0.643 bits per heavy atom. The van der Waals surface area contributed by atoms with E-state index in [0.29, 0.717) is 0 Å². The molecule has 2 nitrogen and oxygen atoms in total. The van der Waals surface area contributed by atoms with Gasteiger partial charge < -0.3 is 9.80 Å². The first-order chi connectivity index (χ1) is 6.78. The van der Waals surface area contributed by atoms with Crippen molar-refractivity contribution in [2.24, 2.45) is 0 Å². The summed E-state index contributed by atoms with van der Waals surface area (Å²) in [6, 6.07) is 6.01. The zero-order valence-corrected chi connectivity index (χ0v) is 9.72. The van der Waals surface area contributed by atoms with Gasteiger partial charge in [-0.2, -0.15) is 0 Å². The third-order valence-electron chi connectivity index (χ3n) is 2.02. The van der Waals surface area contributed by atoms with Crippen LogP contribution in [0.3, 0.4) is 0 Å². The molecule has 0 aliphatic heterocycles. The predicted molar refractivity (Wildman–Crippen MR) is 61.4 cm³/mol. The van der Waals surface area contributed by atoms with E-state index >= 15 is 0 Å². The van der Waals surface area contributed by atoms with Crippen molar-refractivity contribution >= 4 is 0 Å². The maximum atomic E-state index is 3.01. The summed E-state index contributed by atoms with van der Waals surface area (Å²) in [5, 5.41) is 0. The third-order valence-corrected chi connectivity index (χ3v) is 2.02. The highest BCUT2D eigenvalue weighted by molar-refractivity contribution is 5.24. The summed E-state index contributed by atoms with van der Waals surface area (Å²) < 4.78 is 0. The topological polar surface area (TPSA) is 6.48 Å². The maximum Gasteiger partial charge on any atom is 0.0232 e. The number of hydrogen-bond donors (Lipinski definition) is 0. The van der Waals surface area contributed by atoms with Crippen molar-refractivity contribution in [1.82, 2.24) is 9.80 Å². The van der Waals surface area contributed by atoms with Crippen LogP contribution in [0.15, 0.2) is 0 Å². The van der Waals surface area contributed by atoms with Gasteiger partial charge in [0.15, 0.2) is 0 Å². The second-order valence-corrected chi connectivity index (χ2v) is 2.82. The van der Waals surface area contributed by atoms with Crippen molar-refractivity contribution in [2.45, 2.75) is 27.7 Å². The van der Waals surface area contributed by atoms with Crippen molar-refractivity contribution in [3.05, 3.63) is 0 Å². The van der Waals surface area contributed by atoms with E-state index in [1.54, 1.807) is 0 Å². The minimum atomic E-state index is 0.955. The van der Waals surface area contributed by atoms with Gasteiger partial charge in [0.2, 0.25) is 0 Å². The molecule has 2 heteroatoms. The molecule has 0 saturated heterocycles. The Bertz CT molecular complexity index is 213. The molecule has 0 aromatic rings. The second-order valence-electron chi connectivity index (χ2n) is 2.82. The zero-order valence-electron chi connectivity index (χ0n) is 9.72. The van der Waals surface area contributed by atoms with Gasteiger partial charge in [-0.25, -0.2) is 0 Å². The molecular weight excluding hydrogens is 172 g/mol. The van der Waals surface area contributed by atoms with Gasteiger partial charge in [0.05, 0.1) is 0 Å². The molecular formula is C12H20N2. The van der Waals surface area contributed by atoms with Crippen LogP contribution in [-0.4, -0.2) is 36.0 Å². The normalized spacial score (nSPS) is 8.00. The van der Waals surface area contributed by atoms with Crippen molar-refractivity contribution in [3.63, 3.8) is 0 Å². The molecule has 0 unspecified atom stereocenters. The van der Waals surface area contributed by atoms with Crippen LogP contribution in [0.2, 0.25) is 0 Å². The van der Waals surface area contributed by atoms with Crippen LogP contribution in [-0.2, 0) is 0 Å². The molecule has 0 aromatic heterocycles. The standard InChI is InChI=1S/C12H20N2/c1-5-13(6-2)11-9-10-12-14(7-3)8-4/h5-8H2,1-4H3. The van der Waals surface area contributed by atoms with Gasteiger partial charge in [0, 0.05) is 50.1 Å². The molecule has 0 aliphatic carbocycles. The fourth-order valence-corrected chi connectivity index (χ4v) is 0.977. The summed E-state index contributed by atoms with van der Waals surface area (Å²) in [4.78, 5) is 4.08. The van der Waals surface area contributed by atoms with E-state index in [-0.39, 0.29) is 0 Å². The minimum Gasteiger partial charge on any atom is -0.332 e. The first-order valence-electron chi connectivity index (χ1n) is 5.29. The first-order valence-corrected chi connectivity index (χ1v) is 5.29. The van der Waals surface area contributed by atoms with Crippen molar-refractivity contribution < 1.29 is 0 Å². The summed E-state index contributed by atoms with van der Waals surface area (Å²) in [7, 11) is 0. The van der Waals surface area contributed by atoms with Crippen LogP contribution in [0, 0.1) is 23.9 Å². The van der Waals surface area contributed by atoms with Crippen LogP contribution in [0.4, 0.5) is 0 Å². The summed E-state index contributed by atoms with van der Waals surface area (Å²) in [6.07, 6.45) is 0. The van der Waals surface area contributed by atoms with E-state index in [1.807, 2.05) is 9.80 Å². The monoisotopic (exact) mass is 192 g/mol. The van der Waals surface area contributed by atoms with Gasteiger partial charge in [0.1, 0.15) is 0 Å². The Kier molecular flexibility index (Phi) is 7.56. The van der Waals surface area contributed by atoms with E-state index in [1.165, 1.54) is 0 Å². The summed E-state index contributed by atoms with van der Waals surface area (Å²) >= 11 is 0. The molecule has 0 radical (unpaired) electrons. The number of rotatable bonds is 4. The van der Waals surface area contributed by atoms with Crippen LogP contribution in [0.5, 0.6) is 0 Å². The lowest BCUT2D eigenvalue weighted by atomic mass is 10.5. The molecule has 78 valence electrons. The second kappa shape index (κ2) is 8.32. The molecule has 0 saturated carbocycles. The fraction of sp³-hybridized carbons (Fsp3) is 0.667. The first kappa shape index (κ1) is 12.7. The average molecular weight is 192 g/mol. The molecule has 0 fully saturated rings. The molecule has 0 heterocycles. The molecule has 0 aliphatic rings. The Morgan fingerprint density at radius 3 is 1.14 bits per heavy atom. The molecule has 0 bridgehead atoms. The van der Waals surface area contributed by atoms with Gasteiger partial charge in [0.25, 0.3) is 0 Å². The van der Waals surface area contributed by atoms with E-state index in [2.05, 4.69) is 51.6 Å². The van der Waals surface area contributed by atoms with Gasteiger partial charge in [-0.15, -0.1) is 0 Å². The fourth-order valence-electron chi connectivity index (χ4n) is 0.977. The van der Waals surface area contributed by atoms with E-state index in [4.69, 9.17) is 0 Å². The lowest BCUT2D eigenvalue weighted by molar-refractivity contribution is 0.443. The number of hydrogen-bond acceptors (Lipinski definition) is 2.